The van der Waals surface area contributed by atoms with Crippen LogP contribution < -0.4 is 0 Å². The molecule has 2 fully saturated rings. The lowest BCUT2D eigenvalue weighted by atomic mass is 9.76. The van der Waals surface area contributed by atoms with Gasteiger partial charge in [-0.05, 0) is 37.0 Å². The van der Waals surface area contributed by atoms with Crippen LogP contribution in [0.1, 0.15) is 19.3 Å². The fraction of sp³-hybridized carbons (Fsp3) is 0.818. The maximum atomic E-state index is 5.60. The summed E-state index contributed by atoms with van der Waals surface area (Å²) in [5, 5.41) is 0. The highest BCUT2D eigenvalue weighted by Gasteiger charge is 2.48. The lowest BCUT2D eigenvalue weighted by Gasteiger charge is -2.28. The number of hydrogen-bond acceptors (Lipinski definition) is 1. The highest BCUT2D eigenvalue weighted by atomic mass is 16.5. The Hall–Kier alpha value is -0.300. The Balaban J connectivity index is 1.97. The predicted molar refractivity (Wildman–Crippen MR) is 47.7 cm³/mol. The summed E-state index contributed by atoms with van der Waals surface area (Å²) in [6, 6.07) is 0. The Morgan fingerprint density at radius 1 is 1.08 bits per heavy atom. The molecular weight excluding hydrogens is 148 g/mol. The van der Waals surface area contributed by atoms with Gasteiger partial charge < -0.3 is 4.74 Å². The molecule has 0 aromatic heterocycles. The third-order valence-electron chi connectivity index (χ3n) is 4.08. The van der Waals surface area contributed by atoms with Crippen molar-refractivity contribution in [3.8, 4) is 0 Å². The number of methoxy groups -OCH3 is 1. The average molecular weight is 164 g/mol. The van der Waals surface area contributed by atoms with E-state index < -0.39 is 0 Å². The molecule has 0 radical (unpaired) electrons. The molecule has 0 aromatic carbocycles. The van der Waals surface area contributed by atoms with Gasteiger partial charge >= 0.3 is 0 Å². The maximum Gasteiger partial charge on any atom is 0.0664 e. The fourth-order valence-electron chi connectivity index (χ4n) is 3.68. The molecule has 3 bridgehead atoms. The lowest BCUT2D eigenvalue weighted by molar-refractivity contribution is 0.0499. The largest absolute Gasteiger partial charge is 0.381 e. The van der Waals surface area contributed by atoms with E-state index >= 15 is 0 Å². The Labute approximate surface area is 73.8 Å². The lowest BCUT2D eigenvalue weighted by Crippen LogP contribution is -2.21. The third-order valence-corrected chi connectivity index (χ3v) is 4.08. The van der Waals surface area contributed by atoms with E-state index in [9.17, 15) is 0 Å². The number of fused-ring (bicyclic) bond motifs is 2. The molecule has 2 saturated carbocycles. The zero-order valence-corrected chi connectivity index (χ0v) is 7.57. The summed E-state index contributed by atoms with van der Waals surface area (Å²) < 4.78 is 5.60. The maximum absolute atomic E-state index is 5.60. The van der Waals surface area contributed by atoms with Gasteiger partial charge in [0, 0.05) is 13.0 Å². The van der Waals surface area contributed by atoms with Gasteiger partial charge in [-0.2, -0.15) is 0 Å². The molecule has 3 rings (SSSR count). The van der Waals surface area contributed by atoms with Gasteiger partial charge in [0.15, 0.2) is 0 Å². The zero-order chi connectivity index (χ0) is 8.13. The highest BCUT2D eigenvalue weighted by Crippen LogP contribution is 2.53. The highest BCUT2D eigenvalue weighted by molar-refractivity contribution is 5.13. The van der Waals surface area contributed by atoms with E-state index in [1.165, 1.54) is 19.3 Å². The second kappa shape index (κ2) is 2.35. The normalized spacial score (nSPS) is 54.9. The van der Waals surface area contributed by atoms with Gasteiger partial charge in [-0.25, -0.2) is 0 Å². The SMILES string of the molecule is CO[C@H]1[C@@H]2C[C@@H]3C=C[C@H]1[C@@H](C3)C2. The van der Waals surface area contributed by atoms with Crippen molar-refractivity contribution in [3.63, 3.8) is 0 Å². The minimum absolute atomic E-state index is 0.554. The molecule has 3 aliphatic carbocycles. The molecule has 0 saturated heterocycles. The molecule has 12 heavy (non-hydrogen) atoms. The minimum atomic E-state index is 0.554. The number of ether oxygens (including phenoxy) is 1. The molecular formula is C11H16O. The standard InChI is InChI=1S/C11H16O/c1-12-11-9-5-7-2-3-10(11)8(4-7)6-9/h2-3,7-11H,4-6H2,1H3/t7-,8+,9-,10+,11+/m1/s1. The smallest absolute Gasteiger partial charge is 0.0664 e. The van der Waals surface area contributed by atoms with Crippen molar-refractivity contribution >= 4 is 0 Å². The van der Waals surface area contributed by atoms with Crippen LogP contribution in [0.4, 0.5) is 0 Å². The van der Waals surface area contributed by atoms with Crippen molar-refractivity contribution < 1.29 is 4.74 Å². The molecule has 0 aromatic rings. The minimum Gasteiger partial charge on any atom is -0.381 e. The van der Waals surface area contributed by atoms with E-state index in [4.69, 9.17) is 4.74 Å². The third kappa shape index (κ3) is 0.779. The topological polar surface area (TPSA) is 9.23 Å². The van der Waals surface area contributed by atoms with Crippen LogP contribution in [-0.4, -0.2) is 13.2 Å². The molecule has 0 spiro atoms. The first-order valence-electron chi connectivity index (χ1n) is 5.09. The van der Waals surface area contributed by atoms with Gasteiger partial charge in [0.25, 0.3) is 0 Å². The number of allylic oxidation sites excluding steroid dienone is 1. The Morgan fingerprint density at radius 3 is 2.75 bits per heavy atom. The summed E-state index contributed by atoms with van der Waals surface area (Å²) in [5.41, 5.74) is 0. The van der Waals surface area contributed by atoms with E-state index in [0.717, 1.165) is 23.7 Å². The molecule has 3 aliphatic rings. The molecule has 0 heterocycles. The number of hydrogen-bond donors (Lipinski definition) is 0. The first kappa shape index (κ1) is 7.14. The summed E-state index contributed by atoms with van der Waals surface area (Å²) >= 11 is 0. The second-order valence-corrected chi connectivity index (χ2v) is 4.65. The van der Waals surface area contributed by atoms with E-state index in [2.05, 4.69) is 12.2 Å². The van der Waals surface area contributed by atoms with Crippen LogP contribution in [0.3, 0.4) is 0 Å². The quantitative estimate of drug-likeness (QED) is 0.540. The Kier molecular flexibility index (Phi) is 1.40. The Morgan fingerprint density at radius 2 is 1.92 bits per heavy atom. The summed E-state index contributed by atoms with van der Waals surface area (Å²) in [4.78, 5) is 0. The Bertz CT molecular complexity index is 221. The monoisotopic (exact) mass is 164 g/mol. The molecule has 1 heteroatoms. The van der Waals surface area contributed by atoms with Gasteiger partial charge in [-0.1, -0.05) is 12.2 Å². The van der Waals surface area contributed by atoms with E-state index in [0.29, 0.717) is 6.10 Å². The van der Waals surface area contributed by atoms with Crippen molar-refractivity contribution in [3.05, 3.63) is 12.2 Å². The predicted octanol–water partition coefficient (Wildman–Crippen LogP) is 2.23. The van der Waals surface area contributed by atoms with Crippen LogP contribution in [0.25, 0.3) is 0 Å². The first-order chi connectivity index (χ1) is 5.88. The van der Waals surface area contributed by atoms with Gasteiger partial charge in [0.2, 0.25) is 0 Å². The van der Waals surface area contributed by atoms with Crippen LogP contribution in [0.5, 0.6) is 0 Å². The first-order valence-corrected chi connectivity index (χ1v) is 5.09. The fourth-order valence-corrected chi connectivity index (χ4v) is 3.68. The van der Waals surface area contributed by atoms with Crippen LogP contribution in [0, 0.1) is 23.7 Å². The van der Waals surface area contributed by atoms with E-state index in [1.807, 2.05) is 7.11 Å². The average Bonchev–Trinajstić information content (AvgIpc) is 2.24. The molecule has 0 aliphatic heterocycles. The second-order valence-electron chi connectivity index (χ2n) is 4.65. The van der Waals surface area contributed by atoms with Crippen LogP contribution in [0.2, 0.25) is 0 Å². The van der Waals surface area contributed by atoms with Crippen molar-refractivity contribution in [2.45, 2.75) is 25.4 Å². The van der Waals surface area contributed by atoms with Gasteiger partial charge in [0.1, 0.15) is 0 Å². The molecule has 0 N–H and O–H groups in total. The molecule has 0 amide bonds. The zero-order valence-electron chi connectivity index (χ0n) is 7.57. The summed E-state index contributed by atoms with van der Waals surface area (Å²) in [5.74, 6) is 3.49. The van der Waals surface area contributed by atoms with Crippen molar-refractivity contribution in [2.75, 3.05) is 7.11 Å². The van der Waals surface area contributed by atoms with Crippen molar-refractivity contribution in [1.29, 1.82) is 0 Å². The molecule has 0 unspecified atom stereocenters. The van der Waals surface area contributed by atoms with Gasteiger partial charge in [-0.3, -0.25) is 0 Å². The van der Waals surface area contributed by atoms with Crippen LogP contribution >= 0.6 is 0 Å². The van der Waals surface area contributed by atoms with Gasteiger partial charge in [0.05, 0.1) is 6.10 Å². The molecule has 1 nitrogen and oxygen atoms in total. The van der Waals surface area contributed by atoms with E-state index in [1.54, 1.807) is 0 Å². The summed E-state index contributed by atoms with van der Waals surface area (Å²) in [6.45, 7) is 0. The van der Waals surface area contributed by atoms with Crippen LogP contribution in [0.15, 0.2) is 12.2 Å². The van der Waals surface area contributed by atoms with Crippen molar-refractivity contribution in [1.82, 2.24) is 0 Å². The summed E-state index contributed by atoms with van der Waals surface area (Å²) in [6.07, 6.45) is 9.69. The molecule has 66 valence electrons. The number of rotatable bonds is 1. The van der Waals surface area contributed by atoms with E-state index in [-0.39, 0.29) is 0 Å². The van der Waals surface area contributed by atoms with Crippen LogP contribution in [-0.2, 0) is 4.74 Å². The summed E-state index contributed by atoms with van der Waals surface area (Å²) in [7, 11) is 1.88. The molecule has 5 atom stereocenters. The van der Waals surface area contributed by atoms with Gasteiger partial charge in [-0.15, -0.1) is 0 Å². The van der Waals surface area contributed by atoms with Crippen molar-refractivity contribution in [2.24, 2.45) is 23.7 Å².